The van der Waals surface area contributed by atoms with Crippen molar-refractivity contribution in [2.24, 2.45) is 5.92 Å². The second kappa shape index (κ2) is 5.97. The molecule has 1 aliphatic carbocycles. The minimum atomic E-state index is -0.143. The van der Waals surface area contributed by atoms with Gasteiger partial charge in [-0.3, -0.25) is 9.89 Å². The Hall–Kier alpha value is -1.70. The van der Waals surface area contributed by atoms with E-state index in [-0.39, 0.29) is 11.6 Å². The summed E-state index contributed by atoms with van der Waals surface area (Å²) in [6.45, 7) is 2.61. The molecule has 8 heteroatoms. The molecule has 7 nitrogen and oxygen atoms in total. The van der Waals surface area contributed by atoms with Crippen LogP contribution in [0.15, 0.2) is 21.8 Å². The van der Waals surface area contributed by atoms with Crippen molar-refractivity contribution in [3.05, 3.63) is 33.2 Å². The van der Waals surface area contributed by atoms with Crippen molar-refractivity contribution in [1.82, 2.24) is 25.0 Å². The van der Waals surface area contributed by atoms with Crippen molar-refractivity contribution in [2.45, 2.75) is 38.8 Å². The molecule has 0 bridgehead atoms. The van der Waals surface area contributed by atoms with Crippen LogP contribution in [0.25, 0.3) is 0 Å². The molecule has 1 saturated carbocycles. The molecule has 0 spiro atoms. The molecule has 3 rings (SSSR count). The lowest BCUT2D eigenvalue weighted by Gasteiger charge is -2.25. The van der Waals surface area contributed by atoms with Gasteiger partial charge in [-0.2, -0.15) is 10.2 Å². The Bertz CT molecular complexity index is 664. The van der Waals surface area contributed by atoms with E-state index in [4.69, 9.17) is 0 Å². The molecule has 1 unspecified atom stereocenters. The van der Waals surface area contributed by atoms with Crippen LogP contribution in [-0.4, -0.2) is 25.0 Å². The fourth-order valence-electron chi connectivity index (χ4n) is 2.36. The number of aromatic nitrogens is 5. The van der Waals surface area contributed by atoms with Crippen molar-refractivity contribution >= 4 is 21.6 Å². The molecule has 0 aromatic carbocycles. The molecular weight excluding hydrogens is 336 g/mol. The maximum absolute atomic E-state index is 12.5. The lowest BCUT2D eigenvalue weighted by atomic mass is 9.85. The minimum Gasteiger partial charge on any atom is -0.370 e. The maximum atomic E-state index is 12.5. The van der Waals surface area contributed by atoms with Crippen LogP contribution in [0.5, 0.6) is 0 Å². The van der Waals surface area contributed by atoms with Crippen molar-refractivity contribution in [1.29, 1.82) is 0 Å². The van der Waals surface area contributed by atoms with E-state index >= 15 is 0 Å². The average molecular weight is 353 g/mol. The highest BCUT2D eigenvalue weighted by molar-refractivity contribution is 9.10. The summed E-state index contributed by atoms with van der Waals surface area (Å²) >= 11 is 3.39. The molecule has 1 atom stereocenters. The van der Waals surface area contributed by atoms with Crippen molar-refractivity contribution in [2.75, 3.05) is 5.32 Å². The molecule has 1 aliphatic rings. The molecule has 2 N–H and O–H groups in total. The Morgan fingerprint density at radius 1 is 1.57 bits per heavy atom. The molecule has 2 aromatic heterocycles. The number of H-pyrrole nitrogens is 1. The smallest absolute Gasteiger partial charge is 0.291 e. The van der Waals surface area contributed by atoms with Gasteiger partial charge in [0.1, 0.15) is 17.8 Å². The molecule has 2 heterocycles. The van der Waals surface area contributed by atoms with Crippen LogP contribution in [0.2, 0.25) is 0 Å². The van der Waals surface area contributed by atoms with E-state index in [1.165, 1.54) is 25.6 Å². The average Bonchev–Trinajstić information content (AvgIpc) is 2.94. The Morgan fingerprint density at radius 3 is 3.00 bits per heavy atom. The van der Waals surface area contributed by atoms with Gasteiger partial charge in [0.25, 0.3) is 5.56 Å². The summed E-state index contributed by atoms with van der Waals surface area (Å²) < 4.78 is 2.20. The zero-order valence-electron chi connectivity index (χ0n) is 11.7. The van der Waals surface area contributed by atoms with Crippen molar-refractivity contribution in [3.63, 3.8) is 0 Å². The first-order valence-corrected chi connectivity index (χ1v) is 7.82. The third-order valence-corrected chi connectivity index (χ3v) is 4.46. The molecule has 1 fully saturated rings. The lowest BCUT2D eigenvalue weighted by Crippen LogP contribution is -2.31. The zero-order chi connectivity index (χ0) is 14.8. The van der Waals surface area contributed by atoms with E-state index < -0.39 is 0 Å². The van der Waals surface area contributed by atoms with Gasteiger partial charge in [0.05, 0.1) is 16.7 Å². The van der Waals surface area contributed by atoms with Crippen LogP contribution < -0.4 is 10.9 Å². The second-order valence-corrected chi connectivity index (χ2v) is 6.24. The fourth-order valence-corrected chi connectivity index (χ4v) is 2.73. The van der Waals surface area contributed by atoms with Crippen molar-refractivity contribution < 1.29 is 0 Å². The van der Waals surface area contributed by atoms with Crippen LogP contribution >= 0.6 is 15.9 Å². The van der Waals surface area contributed by atoms with Gasteiger partial charge in [0.15, 0.2) is 0 Å². The summed E-state index contributed by atoms with van der Waals surface area (Å²) in [5.74, 6) is 1.26. The number of rotatable bonds is 5. The number of halogens is 1. The summed E-state index contributed by atoms with van der Waals surface area (Å²) in [7, 11) is 0. The summed E-state index contributed by atoms with van der Waals surface area (Å²) in [5.41, 5.74) is 0.399. The number of nitrogens with zero attached hydrogens (tertiary/aromatic N) is 4. The molecule has 21 heavy (non-hydrogen) atoms. The highest BCUT2D eigenvalue weighted by Gasteiger charge is 2.21. The Kier molecular flexibility index (Phi) is 4.05. The van der Waals surface area contributed by atoms with E-state index in [1.54, 1.807) is 10.9 Å². The number of nitrogens with one attached hydrogen (secondary N) is 2. The van der Waals surface area contributed by atoms with E-state index in [9.17, 15) is 4.79 Å². The highest BCUT2D eigenvalue weighted by atomic mass is 79.9. The first-order valence-electron chi connectivity index (χ1n) is 7.02. The lowest BCUT2D eigenvalue weighted by molar-refractivity contribution is 0.262. The van der Waals surface area contributed by atoms with Gasteiger partial charge in [-0.1, -0.05) is 6.42 Å². The van der Waals surface area contributed by atoms with E-state index in [2.05, 4.69) is 41.5 Å². The second-order valence-electron chi connectivity index (χ2n) is 5.39. The van der Waals surface area contributed by atoms with Gasteiger partial charge >= 0.3 is 0 Å². The normalized spacial score (nSPS) is 16.5. The number of hydrogen-bond acceptors (Lipinski definition) is 5. The largest absolute Gasteiger partial charge is 0.370 e. The Morgan fingerprint density at radius 2 is 2.38 bits per heavy atom. The monoisotopic (exact) mass is 352 g/mol. The standard InChI is InChI=1S/C13H17BrN6O/c1-8(12-15-7-16-19-12)18-11-10(14)5-17-20(13(11)21)6-9-3-2-4-9/h5,7-9,18H,2-4,6H2,1H3,(H,15,16,19). The molecule has 0 amide bonds. The van der Waals surface area contributed by atoms with Gasteiger partial charge < -0.3 is 5.32 Å². The first-order chi connectivity index (χ1) is 10.1. The Balaban J connectivity index is 1.83. The summed E-state index contributed by atoms with van der Waals surface area (Å²) in [5, 5.41) is 14.0. The summed E-state index contributed by atoms with van der Waals surface area (Å²) in [4.78, 5) is 16.6. The fraction of sp³-hybridized carbons (Fsp3) is 0.538. The molecule has 2 aromatic rings. The topological polar surface area (TPSA) is 88.5 Å². The number of anilines is 1. The highest BCUT2D eigenvalue weighted by Crippen LogP contribution is 2.27. The summed E-state index contributed by atoms with van der Waals surface area (Å²) in [6.07, 6.45) is 6.73. The van der Waals surface area contributed by atoms with E-state index in [0.717, 1.165) is 0 Å². The van der Waals surface area contributed by atoms with E-state index in [0.29, 0.717) is 28.4 Å². The SMILES string of the molecule is CC(Nc1c(Br)cnn(CC2CCC2)c1=O)c1ncn[nH]1. The zero-order valence-corrected chi connectivity index (χ0v) is 13.3. The van der Waals surface area contributed by atoms with Gasteiger partial charge in [-0.25, -0.2) is 9.67 Å². The third kappa shape index (κ3) is 2.99. The molecule has 0 aliphatic heterocycles. The molecule has 0 saturated heterocycles. The van der Waals surface area contributed by atoms with Crippen molar-refractivity contribution in [3.8, 4) is 0 Å². The molecule has 0 radical (unpaired) electrons. The maximum Gasteiger partial charge on any atom is 0.291 e. The number of aromatic amines is 1. The van der Waals surface area contributed by atoms with Crippen LogP contribution in [0.1, 0.15) is 38.1 Å². The number of hydrogen-bond donors (Lipinski definition) is 2. The van der Waals surface area contributed by atoms with Crippen LogP contribution in [-0.2, 0) is 6.54 Å². The third-order valence-electron chi connectivity index (χ3n) is 3.86. The van der Waals surface area contributed by atoms with Crippen LogP contribution in [0.4, 0.5) is 5.69 Å². The van der Waals surface area contributed by atoms with Crippen LogP contribution in [0, 0.1) is 5.92 Å². The predicted octanol–water partition coefficient (Wildman–Crippen LogP) is 2.10. The van der Waals surface area contributed by atoms with Gasteiger partial charge in [-0.05, 0) is 41.6 Å². The minimum absolute atomic E-state index is 0.109. The summed E-state index contributed by atoms with van der Waals surface area (Å²) in [6, 6.07) is -0.143. The first kappa shape index (κ1) is 14.2. The Labute approximate surface area is 130 Å². The predicted molar refractivity (Wildman–Crippen MR) is 82.0 cm³/mol. The molecular formula is C13H17BrN6O. The van der Waals surface area contributed by atoms with Gasteiger partial charge in [0, 0.05) is 6.54 Å². The quantitative estimate of drug-likeness (QED) is 0.859. The van der Waals surface area contributed by atoms with Gasteiger partial charge in [-0.15, -0.1) is 0 Å². The van der Waals surface area contributed by atoms with Gasteiger partial charge in [0.2, 0.25) is 0 Å². The van der Waals surface area contributed by atoms with E-state index in [1.807, 2.05) is 6.92 Å². The van der Waals surface area contributed by atoms with Crippen LogP contribution in [0.3, 0.4) is 0 Å². The molecule has 112 valence electrons.